The van der Waals surface area contributed by atoms with E-state index in [0.29, 0.717) is 11.6 Å². The summed E-state index contributed by atoms with van der Waals surface area (Å²) in [4.78, 5) is 21.0. The minimum absolute atomic E-state index is 0.000362. The van der Waals surface area contributed by atoms with Gasteiger partial charge in [-0.15, -0.1) is 0 Å². The fourth-order valence-corrected chi connectivity index (χ4v) is 2.78. The SMILES string of the molecule is CC(C)CNc1nccn2c(-c3ccc(C(=O)NC(C)C)c(O)c3)cnc12. The molecule has 3 rings (SSSR count). The van der Waals surface area contributed by atoms with Crippen LogP contribution in [0.25, 0.3) is 16.9 Å². The molecule has 3 N–H and O–H groups in total. The Hall–Kier alpha value is -3.09. The largest absolute Gasteiger partial charge is 0.507 e. The number of phenols is 1. The number of hydrogen-bond acceptors (Lipinski definition) is 5. The summed E-state index contributed by atoms with van der Waals surface area (Å²) in [5, 5.41) is 16.4. The van der Waals surface area contributed by atoms with Gasteiger partial charge in [0.15, 0.2) is 11.5 Å². The Labute approximate surface area is 158 Å². The van der Waals surface area contributed by atoms with Crippen molar-refractivity contribution in [1.82, 2.24) is 19.7 Å². The Bertz CT molecular complexity index is 962. The quantitative estimate of drug-likeness (QED) is 0.622. The monoisotopic (exact) mass is 367 g/mol. The summed E-state index contributed by atoms with van der Waals surface area (Å²) >= 11 is 0. The van der Waals surface area contributed by atoms with Crippen LogP contribution < -0.4 is 10.6 Å². The van der Waals surface area contributed by atoms with E-state index in [9.17, 15) is 9.90 Å². The molecule has 0 atom stereocenters. The molecular formula is C20H25N5O2. The van der Waals surface area contributed by atoms with Crippen molar-refractivity contribution < 1.29 is 9.90 Å². The first-order valence-corrected chi connectivity index (χ1v) is 9.07. The van der Waals surface area contributed by atoms with Crippen LogP contribution in [-0.2, 0) is 0 Å². The fourth-order valence-electron chi connectivity index (χ4n) is 2.78. The minimum Gasteiger partial charge on any atom is -0.507 e. The number of nitrogens with zero attached hydrogens (tertiary/aromatic N) is 3. The molecule has 0 bridgehead atoms. The van der Waals surface area contributed by atoms with Crippen LogP contribution in [0.5, 0.6) is 5.75 Å². The van der Waals surface area contributed by atoms with E-state index >= 15 is 0 Å². The van der Waals surface area contributed by atoms with Crippen LogP contribution in [0.3, 0.4) is 0 Å². The first-order valence-electron chi connectivity index (χ1n) is 9.07. The number of hydrogen-bond donors (Lipinski definition) is 3. The number of nitrogens with one attached hydrogen (secondary N) is 2. The molecule has 0 unspecified atom stereocenters. The van der Waals surface area contributed by atoms with Crippen molar-refractivity contribution in [3.63, 3.8) is 0 Å². The van der Waals surface area contributed by atoms with E-state index in [-0.39, 0.29) is 23.3 Å². The molecule has 142 valence electrons. The van der Waals surface area contributed by atoms with E-state index in [2.05, 4.69) is 34.4 Å². The maximum atomic E-state index is 12.2. The lowest BCUT2D eigenvalue weighted by atomic mass is 10.1. The Morgan fingerprint density at radius 3 is 2.67 bits per heavy atom. The third-order valence-electron chi connectivity index (χ3n) is 4.06. The van der Waals surface area contributed by atoms with Gasteiger partial charge in [0, 0.05) is 30.5 Å². The summed E-state index contributed by atoms with van der Waals surface area (Å²) in [6.45, 7) is 8.81. The van der Waals surface area contributed by atoms with Gasteiger partial charge in [-0.1, -0.05) is 19.9 Å². The van der Waals surface area contributed by atoms with E-state index in [1.807, 2.05) is 24.4 Å². The van der Waals surface area contributed by atoms with Crippen molar-refractivity contribution in [3.05, 3.63) is 42.4 Å². The van der Waals surface area contributed by atoms with Crippen molar-refractivity contribution in [2.75, 3.05) is 11.9 Å². The molecule has 27 heavy (non-hydrogen) atoms. The molecule has 0 aliphatic carbocycles. The van der Waals surface area contributed by atoms with Crippen molar-refractivity contribution in [3.8, 4) is 17.0 Å². The van der Waals surface area contributed by atoms with Gasteiger partial charge in [-0.3, -0.25) is 9.20 Å². The lowest BCUT2D eigenvalue weighted by molar-refractivity contribution is 0.0940. The van der Waals surface area contributed by atoms with Crippen molar-refractivity contribution in [2.45, 2.75) is 33.7 Å². The standard InChI is InChI=1S/C20H25N5O2/c1-12(2)10-22-18-19-23-11-16(25(19)8-7-21-18)14-5-6-15(17(26)9-14)20(27)24-13(3)4/h5-9,11-13,26H,10H2,1-4H3,(H,21,22)(H,24,27). The molecule has 7 heteroatoms. The number of phenolic OH excluding ortho intramolecular Hbond substituents is 1. The Morgan fingerprint density at radius 2 is 2.00 bits per heavy atom. The first kappa shape index (κ1) is 18.7. The average molecular weight is 367 g/mol. The highest BCUT2D eigenvalue weighted by atomic mass is 16.3. The number of imidazole rings is 1. The smallest absolute Gasteiger partial charge is 0.255 e. The molecule has 1 aromatic carbocycles. The molecule has 0 saturated heterocycles. The van der Waals surface area contributed by atoms with Crippen LogP contribution in [0.15, 0.2) is 36.8 Å². The predicted octanol–water partition coefficient (Wildman–Crippen LogP) is 3.31. The zero-order chi connectivity index (χ0) is 19.6. The highest BCUT2D eigenvalue weighted by Crippen LogP contribution is 2.28. The normalized spacial score (nSPS) is 11.3. The predicted molar refractivity (Wildman–Crippen MR) is 106 cm³/mol. The second kappa shape index (κ2) is 7.65. The molecule has 0 spiro atoms. The summed E-state index contributed by atoms with van der Waals surface area (Å²) in [6.07, 6.45) is 5.28. The maximum absolute atomic E-state index is 12.2. The number of aromatic nitrogens is 3. The van der Waals surface area contributed by atoms with Crippen LogP contribution >= 0.6 is 0 Å². The zero-order valence-corrected chi connectivity index (χ0v) is 16.0. The van der Waals surface area contributed by atoms with Crippen molar-refractivity contribution in [1.29, 1.82) is 0 Å². The van der Waals surface area contributed by atoms with E-state index < -0.39 is 0 Å². The second-order valence-corrected chi connectivity index (χ2v) is 7.25. The van der Waals surface area contributed by atoms with E-state index in [1.165, 1.54) is 0 Å². The molecule has 0 radical (unpaired) electrons. The van der Waals surface area contributed by atoms with Crippen LogP contribution in [0, 0.1) is 5.92 Å². The average Bonchev–Trinajstić information content (AvgIpc) is 3.03. The van der Waals surface area contributed by atoms with Gasteiger partial charge in [0.25, 0.3) is 5.91 Å². The third kappa shape index (κ3) is 4.02. The number of anilines is 1. The molecule has 0 fully saturated rings. The lowest BCUT2D eigenvalue weighted by Gasteiger charge is -2.11. The van der Waals surface area contributed by atoms with Crippen LogP contribution in [0.1, 0.15) is 38.1 Å². The molecule has 0 saturated carbocycles. The van der Waals surface area contributed by atoms with E-state index in [0.717, 1.165) is 23.6 Å². The van der Waals surface area contributed by atoms with Crippen LogP contribution in [0.4, 0.5) is 5.82 Å². The fraction of sp³-hybridized carbons (Fsp3) is 0.350. The molecule has 2 heterocycles. The summed E-state index contributed by atoms with van der Waals surface area (Å²) in [5.74, 6) is 0.849. The minimum atomic E-state index is -0.295. The van der Waals surface area contributed by atoms with Gasteiger partial charge in [-0.2, -0.15) is 0 Å². The van der Waals surface area contributed by atoms with E-state index in [1.54, 1.807) is 30.6 Å². The van der Waals surface area contributed by atoms with Gasteiger partial charge in [0.2, 0.25) is 0 Å². The number of rotatable bonds is 6. The van der Waals surface area contributed by atoms with E-state index in [4.69, 9.17) is 0 Å². The second-order valence-electron chi connectivity index (χ2n) is 7.25. The number of carbonyl (C=O) groups excluding carboxylic acids is 1. The van der Waals surface area contributed by atoms with Gasteiger partial charge in [-0.05, 0) is 31.9 Å². The molecular weight excluding hydrogens is 342 g/mol. The van der Waals surface area contributed by atoms with Crippen LogP contribution in [-0.4, -0.2) is 38.0 Å². The summed E-state index contributed by atoms with van der Waals surface area (Å²) in [6, 6.07) is 5.01. The topological polar surface area (TPSA) is 91.6 Å². The highest BCUT2D eigenvalue weighted by molar-refractivity contribution is 5.97. The van der Waals surface area contributed by atoms with Crippen molar-refractivity contribution >= 4 is 17.4 Å². The molecule has 2 aromatic heterocycles. The molecule has 0 aliphatic rings. The summed E-state index contributed by atoms with van der Waals surface area (Å²) in [5.41, 5.74) is 2.55. The number of carbonyl (C=O) groups is 1. The van der Waals surface area contributed by atoms with Crippen LogP contribution in [0.2, 0.25) is 0 Å². The van der Waals surface area contributed by atoms with Gasteiger partial charge >= 0.3 is 0 Å². The molecule has 0 aliphatic heterocycles. The zero-order valence-electron chi connectivity index (χ0n) is 16.0. The number of fused-ring (bicyclic) bond motifs is 1. The maximum Gasteiger partial charge on any atom is 0.255 e. The van der Waals surface area contributed by atoms with Crippen molar-refractivity contribution in [2.24, 2.45) is 5.92 Å². The highest BCUT2D eigenvalue weighted by Gasteiger charge is 2.15. The lowest BCUT2D eigenvalue weighted by Crippen LogP contribution is -2.30. The molecule has 7 nitrogen and oxygen atoms in total. The van der Waals surface area contributed by atoms with Gasteiger partial charge in [0.05, 0.1) is 17.5 Å². The molecule has 1 amide bonds. The number of benzene rings is 1. The van der Waals surface area contributed by atoms with Gasteiger partial charge in [-0.25, -0.2) is 9.97 Å². The number of aromatic hydroxyl groups is 1. The Balaban J connectivity index is 1.95. The Morgan fingerprint density at radius 1 is 1.22 bits per heavy atom. The molecule has 3 aromatic rings. The third-order valence-corrected chi connectivity index (χ3v) is 4.06. The van der Waals surface area contributed by atoms with Gasteiger partial charge < -0.3 is 15.7 Å². The van der Waals surface area contributed by atoms with Gasteiger partial charge in [0.1, 0.15) is 5.75 Å². The Kier molecular flexibility index (Phi) is 5.30. The first-order chi connectivity index (χ1) is 12.9. The summed E-state index contributed by atoms with van der Waals surface area (Å²) < 4.78 is 1.91. The summed E-state index contributed by atoms with van der Waals surface area (Å²) in [7, 11) is 0. The number of amides is 1.